The van der Waals surface area contributed by atoms with Gasteiger partial charge in [0.25, 0.3) is 0 Å². The second-order valence-electron chi connectivity index (χ2n) is 5.63. The molecule has 0 saturated heterocycles. The van der Waals surface area contributed by atoms with Crippen molar-refractivity contribution >= 4 is 6.21 Å². The molecule has 1 aromatic heterocycles. The molecule has 0 N–H and O–H groups in total. The lowest BCUT2D eigenvalue weighted by Gasteiger charge is -2.09. The minimum atomic E-state index is -0.239. The third-order valence-corrected chi connectivity index (χ3v) is 3.90. The molecule has 0 spiro atoms. The molecule has 0 unspecified atom stereocenters. The number of benzene rings is 2. The van der Waals surface area contributed by atoms with E-state index in [0.29, 0.717) is 6.61 Å². The second-order valence-corrected chi connectivity index (χ2v) is 5.63. The number of hydrogen-bond acceptors (Lipinski definition) is 2. The summed E-state index contributed by atoms with van der Waals surface area (Å²) in [6.45, 7) is 4.46. The second kappa shape index (κ2) is 7.13. The first-order valence-electron chi connectivity index (χ1n) is 7.79. The van der Waals surface area contributed by atoms with Crippen molar-refractivity contribution in [2.24, 2.45) is 5.16 Å². The molecular weight excluding hydrogens is 303 g/mol. The fraction of sp³-hybridized carbons (Fsp3) is 0.150. The lowest BCUT2D eigenvalue weighted by atomic mass is 10.2. The molecule has 0 aliphatic heterocycles. The predicted octanol–water partition coefficient (Wildman–Crippen LogP) is 4.78. The Hall–Kier alpha value is -2.88. The van der Waals surface area contributed by atoms with E-state index in [2.05, 4.69) is 9.72 Å². The summed E-state index contributed by atoms with van der Waals surface area (Å²) in [5, 5.41) is 4.06. The Kier molecular flexibility index (Phi) is 4.75. The van der Waals surface area contributed by atoms with Crippen LogP contribution in [0.4, 0.5) is 4.39 Å². The van der Waals surface area contributed by atoms with E-state index in [9.17, 15) is 4.39 Å². The minimum Gasteiger partial charge on any atom is -0.391 e. The third kappa shape index (κ3) is 3.54. The van der Waals surface area contributed by atoms with Crippen LogP contribution >= 0.6 is 0 Å². The van der Waals surface area contributed by atoms with Gasteiger partial charge in [-0.3, -0.25) is 0 Å². The van der Waals surface area contributed by atoms with Gasteiger partial charge in [0.15, 0.2) is 0 Å². The Balaban J connectivity index is 1.74. The zero-order valence-corrected chi connectivity index (χ0v) is 13.7. The van der Waals surface area contributed by atoms with Crippen molar-refractivity contribution in [1.82, 2.24) is 4.57 Å². The normalized spacial score (nSPS) is 11.1. The molecule has 24 heavy (non-hydrogen) atoms. The number of aromatic nitrogens is 1. The molecule has 0 fully saturated rings. The molecule has 0 bridgehead atoms. The molecular formula is C20H19FN2O. The molecule has 3 aromatic rings. The van der Waals surface area contributed by atoms with Gasteiger partial charge in [-0.05, 0) is 49.7 Å². The van der Waals surface area contributed by atoms with Gasteiger partial charge < -0.3 is 9.40 Å². The number of rotatable bonds is 5. The van der Waals surface area contributed by atoms with E-state index in [1.165, 1.54) is 12.1 Å². The quantitative estimate of drug-likeness (QED) is 0.490. The van der Waals surface area contributed by atoms with E-state index in [4.69, 9.17) is 4.84 Å². The smallest absolute Gasteiger partial charge is 0.142 e. The number of aryl methyl sites for hydroxylation is 1. The van der Waals surface area contributed by atoms with Gasteiger partial charge in [-0.25, -0.2) is 4.39 Å². The average molecular weight is 322 g/mol. The van der Waals surface area contributed by atoms with Crippen molar-refractivity contribution in [3.63, 3.8) is 0 Å². The predicted molar refractivity (Wildman–Crippen MR) is 94.0 cm³/mol. The highest BCUT2D eigenvalue weighted by Crippen LogP contribution is 2.20. The van der Waals surface area contributed by atoms with Gasteiger partial charge >= 0.3 is 0 Å². The van der Waals surface area contributed by atoms with Gasteiger partial charge in [-0.2, -0.15) is 0 Å². The van der Waals surface area contributed by atoms with Crippen molar-refractivity contribution in [2.75, 3.05) is 0 Å². The largest absolute Gasteiger partial charge is 0.391 e. The van der Waals surface area contributed by atoms with Crippen molar-refractivity contribution in [1.29, 1.82) is 0 Å². The lowest BCUT2D eigenvalue weighted by Crippen LogP contribution is -1.99. The van der Waals surface area contributed by atoms with E-state index in [1.54, 1.807) is 18.3 Å². The van der Waals surface area contributed by atoms with Gasteiger partial charge in [-0.15, -0.1) is 0 Å². The molecule has 0 aliphatic rings. The van der Waals surface area contributed by atoms with Crippen molar-refractivity contribution in [3.05, 3.63) is 89.0 Å². The monoisotopic (exact) mass is 322 g/mol. The van der Waals surface area contributed by atoms with Gasteiger partial charge in [0.1, 0.15) is 12.4 Å². The maximum Gasteiger partial charge on any atom is 0.142 e. The van der Waals surface area contributed by atoms with Crippen LogP contribution in [0.3, 0.4) is 0 Å². The van der Waals surface area contributed by atoms with E-state index in [0.717, 1.165) is 28.2 Å². The minimum absolute atomic E-state index is 0.239. The molecule has 4 heteroatoms. The van der Waals surface area contributed by atoms with Gasteiger partial charge in [0.2, 0.25) is 0 Å². The Labute approximate surface area is 141 Å². The summed E-state index contributed by atoms with van der Waals surface area (Å²) in [6.07, 6.45) is 1.71. The summed E-state index contributed by atoms with van der Waals surface area (Å²) in [5.41, 5.74) is 5.07. The Bertz CT molecular complexity index is 836. The summed E-state index contributed by atoms with van der Waals surface area (Å²) in [4.78, 5) is 5.36. The molecule has 1 heterocycles. The number of oxime groups is 1. The summed E-state index contributed by atoms with van der Waals surface area (Å²) in [6, 6.07) is 18.4. The fourth-order valence-electron chi connectivity index (χ4n) is 2.69. The molecule has 3 rings (SSSR count). The lowest BCUT2D eigenvalue weighted by molar-refractivity contribution is 0.132. The highest BCUT2D eigenvalue weighted by molar-refractivity contribution is 5.81. The summed E-state index contributed by atoms with van der Waals surface area (Å²) < 4.78 is 15.2. The third-order valence-electron chi connectivity index (χ3n) is 3.90. The van der Waals surface area contributed by atoms with E-state index in [-0.39, 0.29) is 5.82 Å². The first-order valence-corrected chi connectivity index (χ1v) is 7.79. The van der Waals surface area contributed by atoms with Crippen molar-refractivity contribution in [3.8, 4) is 5.69 Å². The molecule has 0 atom stereocenters. The maximum absolute atomic E-state index is 13.1. The molecule has 3 nitrogen and oxygen atoms in total. The summed E-state index contributed by atoms with van der Waals surface area (Å²) in [5.74, 6) is -0.239. The van der Waals surface area contributed by atoms with E-state index < -0.39 is 0 Å². The van der Waals surface area contributed by atoms with Crippen LogP contribution in [-0.4, -0.2) is 10.8 Å². The SMILES string of the molecule is Cc1cc(C=NOCc2ccccc2)c(C)n1-c1ccc(F)cc1. The van der Waals surface area contributed by atoms with Crippen LogP contribution in [0.5, 0.6) is 0 Å². The van der Waals surface area contributed by atoms with E-state index >= 15 is 0 Å². The summed E-state index contributed by atoms with van der Waals surface area (Å²) >= 11 is 0. The molecule has 0 amide bonds. The first-order chi connectivity index (χ1) is 11.6. The van der Waals surface area contributed by atoms with Crippen molar-refractivity contribution in [2.45, 2.75) is 20.5 Å². The fourth-order valence-corrected chi connectivity index (χ4v) is 2.69. The topological polar surface area (TPSA) is 26.5 Å². The van der Waals surface area contributed by atoms with Crippen LogP contribution in [0.2, 0.25) is 0 Å². The average Bonchev–Trinajstić information content (AvgIpc) is 2.88. The van der Waals surface area contributed by atoms with Gasteiger partial charge in [-0.1, -0.05) is 35.5 Å². The Morgan fingerprint density at radius 2 is 1.75 bits per heavy atom. The summed E-state index contributed by atoms with van der Waals surface area (Å²) in [7, 11) is 0. The van der Waals surface area contributed by atoms with Crippen LogP contribution in [0.1, 0.15) is 22.5 Å². The molecule has 2 aromatic carbocycles. The molecule has 122 valence electrons. The van der Waals surface area contributed by atoms with Gasteiger partial charge in [0.05, 0.1) is 6.21 Å². The Morgan fingerprint density at radius 1 is 1.04 bits per heavy atom. The molecule has 0 radical (unpaired) electrons. The zero-order valence-electron chi connectivity index (χ0n) is 13.7. The Morgan fingerprint density at radius 3 is 2.46 bits per heavy atom. The van der Waals surface area contributed by atoms with E-state index in [1.807, 2.05) is 50.2 Å². The number of nitrogens with zero attached hydrogens (tertiary/aromatic N) is 2. The van der Waals surface area contributed by atoms with Gasteiger partial charge in [0, 0.05) is 22.6 Å². The molecule has 0 saturated carbocycles. The first kappa shape index (κ1) is 16.0. The van der Waals surface area contributed by atoms with Crippen molar-refractivity contribution < 1.29 is 9.23 Å². The van der Waals surface area contributed by atoms with Crippen LogP contribution in [0.25, 0.3) is 5.69 Å². The highest BCUT2D eigenvalue weighted by atomic mass is 19.1. The van der Waals surface area contributed by atoms with Crippen LogP contribution in [0.15, 0.2) is 65.8 Å². The number of halogens is 1. The van der Waals surface area contributed by atoms with Crippen LogP contribution < -0.4 is 0 Å². The maximum atomic E-state index is 13.1. The van der Waals surface area contributed by atoms with Crippen LogP contribution in [-0.2, 0) is 11.4 Å². The number of hydrogen-bond donors (Lipinski definition) is 0. The standard InChI is InChI=1S/C20H19FN2O/c1-15-12-18(13-22-24-14-17-6-4-3-5-7-17)16(2)23(15)20-10-8-19(21)9-11-20/h3-13H,14H2,1-2H3. The highest BCUT2D eigenvalue weighted by Gasteiger charge is 2.09. The molecule has 0 aliphatic carbocycles. The van der Waals surface area contributed by atoms with Crippen LogP contribution in [0, 0.1) is 19.7 Å². The zero-order chi connectivity index (χ0) is 16.9.